The summed E-state index contributed by atoms with van der Waals surface area (Å²) in [6.45, 7) is 2.05. The zero-order valence-corrected chi connectivity index (χ0v) is 10.6. The standard InChI is InChI=1S/C13H15NO5/c1-8(15)14-3-2-9-4-11-12(19-7-18-11)5-10(9)6-13(16)17/h4-5H,2-3,6-7H2,1H3,(H,14,15)(H,16,17). The van der Waals surface area contributed by atoms with Gasteiger partial charge < -0.3 is 19.9 Å². The smallest absolute Gasteiger partial charge is 0.307 e. The van der Waals surface area contributed by atoms with Crippen LogP contribution in [0.2, 0.25) is 0 Å². The summed E-state index contributed by atoms with van der Waals surface area (Å²) < 4.78 is 10.5. The van der Waals surface area contributed by atoms with E-state index in [1.807, 2.05) is 0 Å². The monoisotopic (exact) mass is 265 g/mol. The zero-order chi connectivity index (χ0) is 13.8. The maximum Gasteiger partial charge on any atom is 0.307 e. The molecule has 1 aliphatic heterocycles. The van der Waals surface area contributed by atoms with Gasteiger partial charge in [-0.1, -0.05) is 0 Å². The van der Waals surface area contributed by atoms with Crippen molar-refractivity contribution in [3.8, 4) is 11.5 Å². The van der Waals surface area contributed by atoms with Crippen molar-refractivity contribution >= 4 is 11.9 Å². The predicted octanol–water partition coefficient (Wildman–Crippen LogP) is 0.721. The summed E-state index contributed by atoms with van der Waals surface area (Å²) in [5.74, 6) is 0.173. The minimum absolute atomic E-state index is 0.0773. The van der Waals surface area contributed by atoms with E-state index < -0.39 is 5.97 Å². The minimum Gasteiger partial charge on any atom is -0.481 e. The molecule has 1 aromatic rings. The second-order valence-corrected chi connectivity index (χ2v) is 4.28. The van der Waals surface area contributed by atoms with Crippen molar-refractivity contribution < 1.29 is 24.2 Å². The summed E-state index contributed by atoms with van der Waals surface area (Å²) in [4.78, 5) is 21.7. The van der Waals surface area contributed by atoms with E-state index in [9.17, 15) is 9.59 Å². The molecule has 2 rings (SSSR count). The van der Waals surface area contributed by atoms with Crippen molar-refractivity contribution in [2.24, 2.45) is 0 Å². The summed E-state index contributed by atoms with van der Waals surface area (Å²) in [7, 11) is 0. The van der Waals surface area contributed by atoms with Crippen molar-refractivity contribution in [3.63, 3.8) is 0 Å². The van der Waals surface area contributed by atoms with E-state index in [2.05, 4.69) is 5.32 Å². The van der Waals surface area contributed by atoms with E-state index in [0.717, 1.165) is 5.56 Å². The molecule has 0 bridgehead atoms. The SMILES string of the molecule is CC(=O)NCCc1cc2c(cc1CC(=O)O)OCO2. The van der Waals surface area contributed by atoms with Gasteiger partial charge in [0, 0.05) is 13.5 Å². The first-order valence-electron chi connectivity index (χ1n) is 5.94. The van der Waals surface area contributed by atoms with Crippen molar-refractivity contribution in [1.29, 1.82) is 0 Å². The molecule has 0 aromatic heterocycles. The van der Waals surface area contributed by atoms with Gasteiger partial charge in [-0.05, 0) is 29.7 Å². The van der Waals surface area contributed by atoms with Gasteiger partial charge in [-0.3, -0.25) is 9.59 Å². The Balaban J connectivity index is 2.18. The number of benzene rings is 1. The number of carboxylic acids is 1. The lowest BCUT2D eigenvalue weighted by molar-refractivity contribution is -0.136. The third-order valence-corrected chi connectivity index (χ3v) is 2.80. The first-order chi connectivity index (χ1) is 9.06. The minimum atomic E-state index is -0.903. The average Bonchev–Trinajstić information content (AvgIpc) is 2.75. The molecular weight excluding hydrogens is 250 g/mol. The van der Waals surface area contributed by atoms with Gasteiger partial charge in [-0.15, -0.1) is 0 Å². The summed E-state index contributed by atoms with van der Waals surface area (Å²) in [6.07, 6.45) is 0.477. The van der Waals surface area contributed by atoms with Gasteiger partial charge >= 0.3 is 5.97 Å². The molecule has 19 heavy (non-hydrogen) atoms. The van der Waals surface area contributed by atoms with E-state index >= 15 is 0 Å². The molecule has 1 heterocycles. The quantitative estimate of drug-likeness (QED) is 0.819. The number of ether oxygens (including phenoxy) is 2. The lowest BCUT2D eigenvalue weighted by Crippen LogP contribution is -2.22. The number of carboxylic acid groups (broad SMARTS) is 1. The number of hydrogen-bond donors (Lipinski definition) is 2. The highest BCUT2D eigenvalue weighted by Gasteiger charge is 2.18. The Bertz CT molecular complexity index is 512. The van der Waals surface area contributed by atoms with Crippen LogP contribution in [-0.2, 0) is 22.4 Å². The molecule has 6 nitrogen and oxygen atoms in total. The van der Waals surface area contributed by atoms with E-state index in [0.29, 0.717) is 30.0 Å². The Kier molecular flexibility index (Phi) is 3.89. The van der Waals surface area contributed by atoms with Crippen LogP contribution in [0, 0.1) is 0 Å². The van der Waals surface area contributed by atoms with Crippen LogP contribution in [0.5, 0.6) is 11.5 Å². The van der Waals surface area contributed by atoms with Crippen molar-refractivity contribution in [1.82, 2.24) is 5.32 Å². The van der Waals surface area contributed by atoms with Gasteiger partial charge in [0.2, 0.25) is 12.7 Å². The van der Waals surface area contributed by atoms with Crippen molar-refractivity contribution in [3.05, 3.63) is 23.3 Å². The predicted molar refractivity (Wildman–Crippen MR) is 66.3 cm³/mol. The first-order valence-corrected chi connectivity index (χ1v) is 5.94. The van der Waals surface area contributed by atoms with E-state index in [4.69, 9.17) is 14.6 Å². The Hall–Kier alpha value is -2.24. The Labute approximate surface area is 110 Å². The highest BCUT2D eigenvalue weighted by Crippen LogP contribution is 2.35. The third kappa shape index (κ3) is 3.37. The fraction of sp³-hybridized carbons (Fsp3) is 0.385. The van der Waals surface area contributed by atoms with Crippen LogP contribution in [0.1, 0.15) is 18.1 Å². The number of carbonyl (C=O) groups excluding carboxylic acids is 1. The third-order valence-electron chi connectivity index (χ3n) is 2.80. The summed E-state index contributed by atoms with van der Waals surface area (Å²) >= 11 is 0. The van der Waals surface area contributed by atoms with Gasteiger partial charge in [-0.25, -0.2) is 0 Å². The molecule has 0 fully saturated rings. The molecule has 0 unspecified atom stereocenters. The number of aliphatic carboxylic acids is 1. The van der Waals surface area contributed by atoms with Crippen LogP contribution >= 0.6 is 0 Å². The number of rotatable bonds is 5. The summed E-state index contributed by atoms with van der Waals surface area (Å²) in [5.41, 5.74) is 1.53. The maximum atomic E-state index is 10.9. The lowest BCUT2D eigenvalue weighted by atomic mass is 10.0. The first kappa shape index (κ1) is 13.2. The highest BCUT2D eigenvalue weighted by atomic mass is 16.7. The Morgan fingerprint density at radius 1 is 1.26 bits per heavy atom. The molecule has 6 heteroatoms. The van der Waals surface area contributed by atoms with Crippen molar-refractivity contribution in [2.45, 2.75) is 19.8 Å². The molecule has 0 saturated carbocycles. The fourth-order valence-electron chi connectivity index (χ4n) is 1.96. The van der Waals surface area contributed by atoms with E-state index in [-0.39, 0.29) is 19.1 Å². The van der Waals surface area contributed by atoms with Gasteiger partial charge in [0.15, 0.2) is 11.5 Å². The van der Waals surface area contributed by atoms with Crippen LogP contribution in [0.3, 0.4) is 0 Å². The molecule has 1 amide bonds. The average molecular weight is 265 g/mol. The molecule has 1 aliphatic rings. The number of amides is 1. The molecule has 1 aromatic carbocycles. The molecule has 0 radical (unpaired) electrons. The molecule has 0 aliphatic carbocycles. The van der Waals surface area contributed by atoms with Crippen LogP contribution in [0.15, 0.2) is 12.1 Å². The normalized spacial score (nSPS) is 12.3. The number of hydrogen-bond acceptors (Lipinski definition) is 4. The van der Waals surface area contributed by atoms with Crippen LogP contribution < -0.4 is 14.8 Å². The molecule has 102 valence electrons. The largest absolute Gasteiger partial charge is 0.481 e. The molecule has 0 saturated heterocycles. The second kappa shape index (κ2) is 5.60. The van der Waals surface area contributed by atoms with Crippen LogP contribution in [0.4, 0.5) is 0 Å². The summed E-state index contributed by atoms with van der Waals surface area (Å²) in [5, 5.41) is 11.6. The molecule has 0 spiro atoms. The van der Waals surface area contributed by atoms with Gasteiger partial charge in [0.1, 0.15) is 0 Å². The number of nitrogens with one attached hydrogen (secondary N) is 1. The van der Waals surface area contributed by atoms with Crippen LogP contribution in [-0.4, -0.2) is 30.3 Å². The van der Waals surface area contributed by atoms with Gasteiger partial charge in [-0.2, -0.15) is 0 Å². The van der Waals surface area contributed by atoms with Crippen LogP contribution in [0.25, 0.3) is 0 Å². The van der Waals surface area contributed by atoms with Crippen molar-refractivity contribution in [2.75, 3.05) is 13.3 Å². The number of fused-ring (bicyclic) bond motifs is 1. The fourth-order valence-corrected chi connectivity index (χ4v) is 1.96. The van der Waals surface area contributed by atoms with E-state index in [1.54, 1.807) is 12.1 Å². The summed E-state index contributed by atoms with van der Waals surface area (Å²) in [6, 6.07) is 3.47. The van der Waals surface area contributed by atoms with Gasteiger partial charge in [0.25, 0.3) is 0 Å². The maximum absolute atomic E-state index is 10.9. The number of carbonyl (C=O) groups is 2. The molecule has 0 atom stereocenters. The Morgan fingerprint density at radius 3 is 2.47 bits per heavy atom. The Morgan fingerprint density at radius 2 is 1.89 bits per heavy atom. The topological polar surface area (TPSA) is 84.9 Å². The lowest BCUT2D eigenvalue weighted by Gasteiger charge is -2.10. The second-order valence-electron chi connectivity index (χ2n) is 4.28. The van der Waals surface area contributed by atoms with Gasteiger partial charge in [0.05, 0.1) is 6.42 Å². The molecular formula is C13H15NO5. The van der Waals surface area contributed by atoms with E-state index in [1.165, 1.54) is 6.92 Å². The molecule has 2 N–H and O–H groups in total. The zero-order valence-electron chi connectivity index (χ0n) is 10.6. The highest BCUT2D eigenvalue weighted by molar-refractivity contribution is 5.73.